The maximum atomic E-state index is 12.0. The first-order valence-corrected chi connectivity index (χ1v) is 12.3. The number of carbonyl (C=O) groups is 2. The van der Waals surface area contributed by atoms with Gasteiger partial charge in [0.1, 0.15) is 12.6 Å². The van der Waals surface area contributed by atoms with E-state index in [1.54, 1.807) is 6.08 Å². The Labute approximate surface area is 206 Å². The zero-order valence-electron chi connectivity index (χ0n) is 21.4. The quantitative estimate of drug-likeness (QED) is 0.0496. The Kier molecular flexibility index (Phi) is 18.9. The Bertz CT molecular complexity index is 661. The van der Waals surface area contributed by atoms with Gasteiger partial charge in [-0.05, 0) is 43.8 Å². The maximum absolute atomic E-state index is 12.0. The van der Waals surface area contributed by atoms with E-state index in [2.05, 4.69) is 17.9 Å². The molecule has 0 saturated carbocycles. The number of aliphatic carboxylic acids is 1. The van der Waals surface area contributed by atoms with Crippen molar-refractivity contribution < 1.29 is 34.1 Å². The van der Waals surface area contributed by atoms with Crippen molar-refractivity contribution in [3.63, 3.8) is 0 Å². The van der Waals surface area contributed by atoms with Gasteiger partial charge in [-0.15, -0.1) is 0 Å². The first-order valence-electron chi connectivity index (χ1n) is 12.3. The van der Waals surface area contributed by atoms with Crippen LogP contribution in [0.2, 0.25) is 0 Å². The number of carboxylic acids is 1. The number of carboxylic acid groups (broad SMARTS) is 1. The molecule has 0 spiro atoms. The van der Waals surface area contributed by atoms with Gasteiger partial charge in [-0.3, -0.25) is 4.79 Å². The summed E-state index contributed by atoms with van der Waals surface area (Å²) in [6.07, 6.45) is 21.6. The molecule has 0 N–H and O–H groups in total. The van der Waals surface area contributed by atoms with Crippen LogP contribution in [0.5, 0.6) is 0 Å². The monoisotopic (exact) mass is 478 g/mol. The summed E-state index contributed by atoms with van der Waals surface area (Å²) in [6.45, 7) is 2.59. The lowest BCUT2D eigenvalue weighted by atomic mass is 10.2. The van der Waals surface area contributed by atoms with Crippen molar-refractivity contribution in [3.05, 3.63) is 48.6 Å². The molecule has 34 heavy (non-hydrogen) atoms. The number of carbonyl (C=O) groups excluding carboxylic acids is 2. The minimum atomic E-state index is -1.22. The van der Waals surface area contributed by atoms with Crippen LogP contribution in [0.3, 0.4) is 0 Å². The predicted molar refractivity (Wildman–Crippen MR) is 132 cm³/mol. The van der Waals surface area contributed by atoms with Crippen molar-refractivity contribution in [3.8, 4) is 0 Å². The zero-order valence-corrected chi connectivity index (χ0v) is 21.4. The molecule has 0 aliphatic carbocycles. The molecule has 0 amide bonds. The number of likely N-dealkylation sites (N-methyl/N-ethyl adjacent to an activating group) is 1. The number of esters is 1. The fourth-order valence-corrected chi connectivity index (χ4v) is 3.19. The number of hydrogen-bond donors (Lipinski definition) is 0. The van der Waals surface area contributed by atoms with Crippen molar-refractivity contribution in [1.82, 2.24) is 0 Å². The second-order valence-electron chi connectivity index (χ2n) is 9.41. The maximum Gasteiger partial charge on any atom is 0.306 e. The summed E-state index contributed by atoms with van der Waals surface area (Å²) < 4.78 is 5.82. The summed E-state index contributed by atoms with van der Waals surface area (Å²) >= 11 is 0. The largest absolute Gasteiger partial charge is 0.550 e. The summed E-state index contributed by atoms with van der Waals surface area (Å²) in [5.74, 6) is -1.61. The third kappa shape index (κ3) is 21.6. The molecule has 193 valence electrons. The highest BCUT2D eigenvalue weighted by Gasteiger charge is 2.22. The Balaban J connectivity index is 4.08. The van der Waals surface area contributed by atoms with Gasteiger partial charge in [0.2, 0.25) is 0 Å². The van der Waals surface area contributed by atoms with E-state index in [1.807, 2.05) is 57.6 Å². The van der Waals surface area contributed by atoms with E-state index < -0.39 is 18.2 Å². The van der Waals surface area contributed by atoms with Gasteiger partial charge in [0.25, 0.3) is 0 Å². The van der Waals surface area contributed by atoms with Crippen LogP contribution in [0.1, 0.15) is 71.1 Å². The molecule has 0 aliphatic rings. The van der Waals surface area contributed by atoms with Crippen molar-refractivity contribution in [2.45, 2.75) is 83.3 Å². The Morgan fingerprint density at radius 2 is 1.65 bits per heavy atom. The molecule has 0 bridgehead atoms. The van der Waals surface area contributed by atoms with Gasteiger partial charge < -0.3 is 19.1 Å². The van der Waals surface area contributed by atoms with Crippen molar-refractivity contribution >= 4 is 11.9 Å². The first-order chi connectivity index (χ1) is 16.2. The number of allylic oxidation sites excluding steroid dienone is 6. The van der Waals surface area contributed by atoms with E-state index in [0.29, 0.717) is 23.9 Å². The van der Waals surface area contributed by atoms with Crippen LogP contribution in [-0.2, 0) is 24.5 Å². The molecule has 7 nitrogen and oxygen atoms in total. The van der Waals surface area contributed by atoms with Gasteiger partial charge in [-0.25, -0.2) is 0 Å². The molecule has 0 fully saturated rings. The number of rotatable bonds is 20. The number of unbranched alkanes of at least 4 members (excludes halogenated alkanes) is 4. The Morgan fingerprint density at radius 1 is 0.941 bits per heavy atom. The van der Waals surface area contributed by atoms with Gasteiger partial charge in [0, 0.05) is 18.8 Å². The van der Waals surface area contributed by atoms with Gasteiger partial charge in [0.05, 0.1) is 21.1 Å². The summed E-state index contributed by atoms with van der Waals surface area (Å²) in [7, 11) is 5.73. The number of nitrogens with zero attached hydrogens (tertiary/aromatic N) is 1. The van der Waals surface area contributed by atoms with Crippen LogP contribution >= 0.6 is 0 Å². The third-order valence-corrected chi connectivity index (χ3v) is 4.84. The molecule has 0 aromatic rings. The lowest BCUT2D eigenvalue weighted by Gasteiger charge is -2.29. The van der Waals surface area contributed by atoms with E-state index in [1.165, 1.54) is 19.3 Å². The van der Waals surface area contributed by atoms with Gasteiger partial charge in [-0.2, -0.15) is 4.89 Å². The van der Waals surface area contributed by atoms with E-state index >= 15 is 0 Å². The number of hydrogen-bond acceptors (Lipinski definition) is 5. The first kappa shape index (κ1) is 31.8. The topological polar surface area (TPSA) is 95.6 Å². The third-order valence-electron chi connectivity index (χ3n) is 4.84. The number of quaternary nitrogens is 1. The summed E-state index contributed by atoms with van der Waals surface area (Å²) in [4.78, 5) is 27.1. The molecule has 0 aromatic heterocycles. The van der Waals surface area contributed by atoms with Crippen molar-refractivity contribution in [1.29, 1.82) is 0 Å². The SMILES string of the molecule is CCCCC/C=C/C=C/C(C/C=C/C/C=C/CCCC(=O)OC(CC(=O)[O-])C[N+](C)(C)C)O[O]. The Morgan fingerprint density at radius 3 is 2.29 bits per heavy atom. The molecule has 0 heterocycles. The smallest absolute Gasteiger partial charge is 0.306 e. The summed E-state index contributed by atoms with van der Waals surface area (Å²) in [5, 5.41) is 21.7. The zero-order chi connectivity index (χ0) is 25.7. The second kappa shape index (κ2) is 20.2. The highest BCUT2D eigenvalue weighted by molar-refractivity contribution is 5.70. The molecule has 0 aliphatic heterocycles. The molecule has 0 aromatic carbocycles. The summed E-state index contributed by atoms with van der Waals surface area (Å²) in [6, 6.07) is 0. The molecular formula is C27H44NO6. The second-order valence-corrected chi connectivity index (χ2v) is 9.41. The van der Waals surface area contributed by atoms with Crippen molar-refractivity contribution in [2.75, 3.05) is 27.7 Å². The van der Waals surface area contributed by atoms with E-state index in [0.717, 1.165) is 19.3 Å². The van der Waals surface area contributed by atoms with Crippen LogP contribution in [0.15, 0.2) is 48.6 Å². The molecule has 2 atom stereocenters. The molecule has 0 saturated heterocycles. The fourth-order valence-electron chi connectivity index (χ4n) is 3.19. The highest BCUT2D eigenvalue weighted by atomic mass is 17.1. The van der Waals surface area contributed by atoms with Crippen LogP contribution < -0.4 is 5.11 Å². The predicted octanol–water partition coefficient (Wildman–Crippen LogP) is 4.23. The summed E-state index contributed by atoms with van der Waals surface area (Å²) in [5.41, 5.74) is 0. The van der Waals surface area contributed by atoms with Gasteiger partial charge in [-0.1, -0.05) is 68.4 Å². The average molecular weight is 479 g/mol. The van der Waals surface area contributed by atoms with Crippen LogP contribution in [0, 0.1) is 0 Å². The molecule has 1 radical (unpaired) electrons. The van der Waals surface area contributed by atoms with Crippen LogP contribution in [-0.4, -0.2) is 56.3 Å². The minimum absolute atomic E-state index is 0.239. The van der Waals surface area contributed by atoms with Gasteiger partial charge in [0.15, 0.2) is 6.10 Å². The number of ether oxygens (including phenoxy) is 1. The van der Waals surface area contributed by atoms with E-state index in [9.17, 15) is 20.0 Å². The standard InChI is InChI=1S/C27H44NO6/c1-5-6-7-8-10-13-16-19-24(34-32)20-17-14-11-9-12-15-18-21-27(31)33-25(22-26(29)30)23-28(2,3)4/h9-10,12-14,16-17,19,24-25H,5-8,11,15,18,20-23H2,1-4H3/b12-9+,13-10+,17-14+,19-16+. The Hall–Kier alpha value is -2.22. The molecule has 2 unspecified atom stereocenters. The minimum Gasteiger partial charge on any atom is -0.550 e. The molecule has 7 heteroatoms. The fraction of sp³-hybridized carbons (Fsp3) is 0.630. The lowest BCUT2D eigenvalue weighted by molar-refractivity contribution is -0.873. The lowest BCUT2D eigenvalue weighted by Crippen LogP contribution is -2.45. The molecule has 0 rings (SSSR count). The van der Waals surface area contributed by atoms with Crippen LogP contribution in [0.25, 0.3) is 0 Å². The van der Waals surface area contributed by atoms with E-state index in [-0.39, 0.29) is 18.8 Å². The van der Waals surface area contributed by atoms with Crippen LogP contribution in [0.4, 0.5) is 0 Å². The van der Waals surface area contributed by atoms with E-state index in [4.69, 9.17) is 4.74 Å². The van der Waals surface area contributed by atoms with Gasteiger partial charge >= 0.3 is 5.97 Å². The van der Waals surface area contributed by atoms with Crippen molar-refractivity contribution in [2.24, 2.45) is 0 Å². The highest BCUT2D eigenvalue weighted by Crippen LogP contribution is 2.08. The normalized spacial score (nSPS) is 14.5. The average Bonchev–Trinajstić information content (AvgIpc) is 2.74. The molecular weight excluding hydrogens is 434 g/mol.